The normalized spacial score (nSPS) is 10.2. The summed E-state index contributed by atoms with van der Waals surface area (Å²) in [5, 5.41) is 13.7. The predicted octanol–water partition coefficient (Wildman–Crippen LogP) is 3.26. The molecule has 2 aromatic rings. The van der Waals surface area contributed by atoms with Gasteiger partial charge in [-0.2, -0.15) is 0 Å². The van der Waals surface area contributed by atoms with Crippen molar-refractivity contribution in [3.8, 4) is 5.75 Å². The lowest BCUT2D eigenvalue weighted by molar-refractivity contribution is -0.385. The number of methoxy groups -OCH3 is 1. The molecule has 0 radical (unpaired) electrons. The smallest absolute Gasteiger partial charge is 0.311 e. The first-order chi connectivity index (χ1) is 11.0. The fraction of sp³-hybridized carbons (Fsp3) is 0.188. The average molecular weight is 332 g/mol. The van der Waals surface area contributed by atoms with Gasteiger partial charge in [-0.25, -0.2) is 0 Å². The van der Waals surface area contributed by atoms with Crippen molar-refractivity contribution in [1.29, 1.82) is 0 Å². The Labute approximate surface area is 138 Å². The standard InChI is InChI=1S/C16H16N2O4S/c1-22-15-8-5-12(9-14(15)18(20)21)16(19)17-10-11-3-6-13(23-2)7-4-11/h3-9H,10H2,1-2H3,(H,17,19). The second-order valence-corrected chi connectivity index (χ2v) is 5.55. The van der Waals surface area contributed by atoms with Crippen molar-refractivity contribution in [2.45, 2.75) is 11.4 Å². The number of hydrogen-bond acceptors (Lipinski definition) is 5. The molecule has 0 saturated heterocycles. The van der Waals surface area contributed by atoms with Gasteiger partial charge in [0.25, 0.3) is 5.91 Å². The zero-order chi connectivity index (χ0) is 16.8. The highest BCUT2D eigenvalue weighted by Gasteiger charge is 2.18. The van der Waals surface area contributed by atoms with Crippen molar-refractivity contribution >= 4 is 23.4 Å². The molecule has 1 amide bonds. The number of benzene rings is 2. The van der Waals surface area contributed by atoms with Crippen molar-refractivity contribution < 1.29 is 14.5 Å². The summed E-state index contributed by atoms with van der Waals surface area (Å²) in [4.78, 5) is 23.7. The Morgan fingerprint density at radius 2 is 1.96 bits per heavy atom. The number of nitrogens with one attached hydrogen (secondary N) is 1. The van der Waals surface area contributed by atoms with E-state index in [9.17, 15) is 14.9 Å². The van der Waals surface area contributed by atoms with Crippen LogP contribution in [0.2, 0.25) is 0 Å². The van der Waals surface area contributed by atoms with Gasteiger partial charge in [0.05, 0.1) is 12.0 Å². The maximum atomic E-state index is 12.1. The van der Waals surface area contributed by atoms with E-state index in [4.69, 9.17) is 4.74 Å². The molecule has 23 heavy (non-hydrogen) atoms. The number of carbonyl (C=O) groups excluding carboxylic acids is 1. The lowest BCUT2D eigenvalue weighted by Gasteiger charge is -2.07. The van der Waals surface area contributed by atoms with Gasteiger partial charge >= 0.3 is 5.69 Å². The molecular weight excluding hydrogens is 316 g/mol. The van der Waals surface area contributed by atoms with Gasteiger partial charge in [-0.3, -0.25) is 14.9 Å². The number of nitro groups is 1. The summed E-state index contributed by atoms with van der Waals surface area (Å²) in [5.41, 5.74) is 0.946. The van der Waals surface area contributed by atoms with E-state index >= 15 is 0 Å². The third-order valence-electron chi connectivity index (χ3n) is 3.25. The second kappa shape index (κ2) is 7.64. The highest BCUT2D eigenvalue weighted by molar-refractivity contribution is 7.98. The summed E-state index contributed by atoms with van der Waals surface area (Å²) in [6, 6.07) is 11.9. The molecule has 0 atom stereocenters. The van der Waals surface area contributed by atoms with Crippen LogP contribution in [0, 0.1) is 10.1 Å². The lowest BCUT2D eigenvalue weighted by atomic mass is 10.1. The van der Waals surface area contributed by atoms with Crippen LogP contribution >= 0.6 is 11.8 Å². The molecule has 0 saturated carbocycles. The van der Waals surface area contributed by atoms with E-state index in [2.05, 4.69) is 5.32 Å². The van der Waals surface area contributed by atoms with Gasteiger partial charge < -0.3 is 10.1 Å². The van der Waals surface area contributed by atoms with Gasteiger partial charge in [0.1, 0.15) is 0 Å². The van der Waals surface area contributed by atoms with Gasteiger partial charge in [-0.05, 0) is 36.1 Å². The van der Waals surface area contributed by atoms with Gasteiger partial charge in [0.2, 0.25) is 0 Å². The van der Waals surface area contributed by atoms with E-state index in [0.29, 0.717) is 6.54 Å². The Balaban J connectivity index is 2.08. The van der Waals surface area contributed by atoms with Crippen LogP contribution in [-0.2, 0) is 6.54 Å². The molecule has 0 bridgehead atoms. The molecule has 0 aromatic heterocycles. The van der Waals surface area contributed by atoms with Gasteiger partial charge in [-0.1, -0.05) is 12.1 Å². The van der Waals surface area contributed by atoms with Crippen LogP contribution in [0.3, 0.4) is 0 Å². The summed E-state index contributed by atoms with van der Waals surface area (Å²) in [6.07, 6.45) is 1.99. The Morgan fingerprint density at radius 3 is 2.52 bits per heavy atom. The number of nitrogens with zero attached hydrogens (tertiary/aromatic N) is 1. The zero-order valence-corrected chi connectivity index (χ0v) is 13.6. The molecule has 0 spiro atoms. The fourth-order valence-corrected chi connectivity index (χ4v) is 2.41. The lowest BCUT2D eigenvalue weighted by Crippen LogP contribution is -2.22. The van der Waals surface area contributed by atoms with Crippen LogP contribution in [0.25, 0.3) is 0 Å². The van der Waals surface area contributed by atoms with Crippen LogP contribution in [-0.4, -0.2) is 24.2 Å². The molecule has 7 heteroatoms. The summed E-state index contributed by atoms with van der Waals surface area (Å²) in [6.45, 7) is 0.354. The maximum Gasteiger partial charge on any atom is 0.311 e. The topological polar surface area (TPSA) is 81.5 Å². The van der Waals surface area contributed by atoms with Crippen LogP contribution in [0.5, 0.6) is 5.75 Å². The fourth-order valence-electron chi connectivity index (χ4n) is 2.00. The molecular formula is C16H16N2O4S. The Bertz CT molecular complexity index is 717. The van der Waals surface area contributed by atoms with E-state index in [-0.39, 0.29) is 22.9 Å². The summed E-state index contributed by atoms with van der Waals surface area (Å²) < 4.78 is 4.92. The number of amides is 1. The SMILES string of the molecule is COc1ccc(C(=O)NCc2ccc(SC)cc2)cc1[N+](=O)[O-]. The Morgan fingerprint density at radius 1 is 1.26 bits per heavy atom. The maximum absolute atomic E-state index is 12.1. The molecule has 2 rings (SSSR count). The third kappa shape index (κ3) is 4.23. The number of carbonyl (C=O) groups is 1. The summed E-state index contributed by atoms with van der Waals surface area (Å²) in [5.74, 6) is -0.246. The number of rotatable bonds is 6. The van der Waals surface area contributed by atoms with E-state index < -0.39 is 4.92 Å². The number of thioether (sulfide) groups is 1. The minimum Gasteiger partial charge on any atom is -0.490 e. The van der Waals surface area contributed by atoms with Crippen molar-refractivity contribution in [3.63, 3.8) is 0 Å². The molecule has 0 aliphatic heterocycles. The molecule has 0 fully saturated rings. The minimum absolute atomic E-state index is 0.124. The summed E-state index contributed by atoms with van der Waals surface area (Å²) in [7, 11) is 1.35. The Hall–Kier alpha value is -2.54. The molecule has 6 nitrogen and oxygen atoms in total. The quantitative estimate of drug-likeness (QED) is 0.499. The molecule has 0 unspecified atom stereocenters. The van der Waals surface area contributed by atoms with Crippen LogP contribution in [0.4, 0.5) is 5.69 Å². The second-order valence-electron chi connectivity index (χ2n) is 4.67. The number of nitro benzene ring substituents is 1. The van der Waals surface area contributed by atoms with Gasteiger partial charge in [0.15, 0.2) is 5.75 Å². The van der Waals surface area contributed by atoms with Crippen LogP contribution in [0.1, 0.15) is 15.9 Å². The van der Waals surface area contributed by atoms with Crippen LogP contribution < -0.4 is 10.1 Å². The predicted molar refractivity (Wildman–Crippen MR) is 89.0 cm³/mol. The van der Waals surface area contributed by atoms with E-state index in [1.807, 2.05) is 30.5 Å². The van der Waals surface area contributed by atoms with Crippen molar-refractivity contribution in [3.05, 3.63) is 63.7 Å². The van der Waals surface area contributed by atoms with Crippen molar-refractivity contribution in [2.24, 2.45) is 0 Å². The van der Waals surface area contributed by atoms with E-state index in [1.54, 1.807) is 11.8 Å². The highest BCUT2D eigenvalue weighted by Crippen LogP contribution is 2.27. The third-order valence-corrected chi connectivity index (χ3v) is 3.99. The molecule has 0 aliphatic rings. The highest BCUT2D eigenvalue weighted by atomic mass is 32.2. The van der Waals surface area contributed by atoms with E-state index in [1.165, 1.54) is 25.3 Å². The largest absolute Gasteiger partial charge is 0.490 e. The van der Waals surface area contributed by atoms with Crippen molar-refractivity contribution in [2.75, 3.05) is 13.4 Å². The first-order valence-electron chi connectivity index (χ1n) is 6.78. The number of ether oxygens (including phenoxy) is 1. The summed E-state index contributed by atoms with van der Waals surface area (Å²) >= 11 is 1.64. The zero-order valence-electron chi connectivity index (χ0n) is 12.7. The van der Waals surface area contributed by atoms with Crippen LogP contribution in [0.15, 0.2) is 47.4 Å². The van der Waals surface area contributed by atoms with Gasteiger partial charge in [-0.15, -0.1) is 11.8 Å². The minimum atomic E-state index is -0.573. The average Bonchev–Trinajstić information content (AvgIpc) is 2.59. The molecule has 0 heterocycles. The van der Waals surface area contributed by atoms with Crippen molar-refractivity contribution in [1.82, 2.24) is 5.32 Å². The monoisotopic (exact) mass is 332 g/mol. The molecule has 0 aliphatic carbocycles. The van der Waals surface area contributed by atoms with Gasteiger partial charge in [0, 0.05) is 23.1 Å². The molecule has 1 N–H and O–H groups in total. The molecule has 120 valence electrons. The number of hydrogen-bond donors (Lipinski definition) is 1. The first-order valence-corrected chi connectivity index (χ1v) is 8.01. The van der Waals surface area contributed by atoms with E-state index in [0.717, 1.165) is 10.5 Å². The first kappa shape index (κ1) is 16.8. The molecule has 2 aromatic carbocycles. The Kier molecular flexibility index (Phi) is 5.59.